The van der Waals surface area contributed by atoms with Gasteiger partial charge in [0.15, 0.2) is 0 Å². The van der Waals surface area contributed by atoms with Gasteiger partial charge in [-0.15, -0.1) is 0 Å². The molecule has 2 aromatic rings. The van der Waals surface area contributed by atoms with Crippen LogP contribution < -0.4 is 28.7 Å². The van der Waals surface area contributed by atoms with Crippen molar-refractivity contribution >= 4 is 71.1 Å². The molecule has 0 aromatic heterocycles. The van der Waals surface area contributed by atoms with Gasteiger partial charge in [-0.25, -0.2) is 0 Å². The second kappa shape index (κ2) is 39.6. The standard InChI is InChI=1S/C56H84N10O24/c67-45(68)31-59-15-11-57(12-16-60(32-46(69)70)20-24-63(23-19-59)35-49(75)76)9-3-27-87-41-5-1-7-43(55(41)65(37-51(79)80)38-52(81)82)89-29-30-90-44-8-2-6-42(56(44)66(39-53(83)84)40-54(85)86)88-28-4-10-58-13-17-61(33-47(71)72)21-25-64(36-50(77)78)26-22-62(18-14-58)34-48(73)74/h1-2,5-8H,3-4,9-40H2,(H,67,68)(H,69,70)(H,71,72)(H,73,74)(H,75,76)(H,77,78)(H,79,80)(H,81,82)(H,83,84)(H,85,86). The molecule has 34 nitrogen and oxygen atoms in total. The van der Waals surface area contributed by atoms with Gasteiger partial charge >= 0.3 is 59.7 Å². The summed E-state index contributed by atoms with van der Waals surface area (Å²) in [6, 6.07) is 8.89. The second-order valence-corrected chi connectivity index (χ2v) is 21.3. The zero-order valence-corrected chi connectivity index (χ0v) is 50.2. The molecule has 0 bridgehead atoms. The molecule has 0 atom stereocenters. The van der Waals surface area contributed by atoms with Crippen LogP contribution in [0.15, 0.2) is 36.4 Å². The van der Waals surface area contributed by atoms with Gasteiger partial charge in [0.25, 0.3) is 0 Å². The van der Waals surface area contributed by atoms with Crippen molar-refractivity contribution in [1.29, 1.82) is 0 Å². The maximum absolute atomic E-state index is 12.2. The van der Waals surface area contributed by atoms with Gasteiger partial charge in [-0.3, -0.25) is 77.3 Å². The van der Waals surface area contributed by atoms with Crippen LogP contribution in [0, 0.1) is 0 Å². The Bertz CT molecular complexity index is 2420. The largest absolute Gasteiger partial charge is 0.491 e. The monoisotopic (exact) mass is 1280 g/mol. The summed E-state index contributed by atoms with van der Waals surface area (Å²) in [4.78, 5) is 135. The first kappa shape index (κ1) is 74.1. The summed E-state index contributed by atoms with van der Waals surface area (Å²) in [6.45, 7) is -0.939. The molecule has 2 heterocycles. The quantitative estimate of drug-likeness (QED) is 0.0315. The molecule has 10 N–H and O–H groups in total. The lowest BCUT2D eigenvalue weighted by Gasteiger charge is -2.33. The van der Waals surface area contributed by atoms with Gasteiger partial charge in [0.05, 0.1) is 52.5 Å². The lowest BCUT2D eigenvalue weighted by Crippen LogP contribution is -2.48. The molecule has 90 heavy (non-hydrogen) atoms. The van der Waals surface area contributed by atoms with E-state index in [-0.39, 0.29) is 179 Å². The lowest BCUT2D eigenvalue weighted by atomic mass is 10.2. The van der Waals surface area contributed by atoms with E-state index in [9.17, 15) is 99.0 Å². The van der Waals surface area contributed by atoms with Crippen LogP contribution >= 0.6 is 0 Å². The third-order valence-corrected chi connectivity index (χ3v) is 14.2. The number of hydrogen-bond acceptors (Lipinski definition) is 24. The van der Waals surface area contributed by atoms with Crippen LogP contribution in [0.5, 0.6) is 23.0 Å². The summed E-state index contributed by atoms with van der Waals surface area (Å²) in [5.74, 6) is -12.0. The average molecular weight is 1280 g/mol. The smallest absolute Gasteiger partial charge is 0.323 e. The van der Waals surface area contributed by atoms with Gasteiger partial charge in [0, 0.05) is 118 Å². The van der Waals surface area contributed by atoms with Gasteiger partial charge in [0.2, 0.25) is 0 Å². The number of carbonyl (C=O) groups is 10. The molecule has 2 aliphatic rings. The minimum Gasteiger partial charge on any atom is -0.491 e. The van der Waals surface area contributed by atoms with Gasteiger partial charge in [-0.05, 0) is 37.1 Å². The van der Waals surface area contributed by atoms with Crippen molar-refractivity contribution in [3.05, 3.63) is 36.4 Å². The van der Waals surface area contributed by atoms with Crippen LogP contribution in [-0.4, -0.2) is 360 Å². The van der Waals surface area contributed by atoms with E-state index >= 15 is 0 Å². The first-order valence-electron chi connectivity index (χ1n) is 29.1. The van der Waals surface area contributed by atoms with Crippen LogP contribution in [0.25, 0.3) is 0 Å². The number of carboxylic acid groups (broad SMARTS) is 10. The molecule has 0 amide bonds. The maximum atomic E-state index is 12.2. The van der Waals surface area contributed by atoms with E-state index in [1.807, 2.05) is 9.80 Å². The zero-order chi connectivity index (χ0) is 66.1. The van der Waals surface area contributed by atoms with Crippen molar-refractivity contribution in [3.8, 4) is 23.0 Å². The number of ether oxygens (including phenoxy) is 4. The first-order valence-corrected chi connectivity index (χ1v) is 29.1. The van der Waals surface area contributed by atoms with Crippen molar-refractivity contribution in [3.63, 3.8) is 0 Å². The Kier molecular flexibility index (Phi) is 32.6. The topological polar surface area (TPSA) is 442 Å². The minimum absolute atomic E-state index is 0.0208. The van der Waals surface area contributed by atoms with Crippen LogP contribution in [0.4, 0.5) is 11.4 Å². The van der Waals surface area contributed by atoms with Crippen molar-refractivity contribution < 1.29 is 118 Å². The molecule has 34 heteroatoms. The van der Waals surface area contributed by atoms with Crippen molar-refractivity contribution in [2.45, 2.75) is 12.8 Å². The third kappa shape index (κ3) is 29.7. The van der Waals surface area contributed by atoms with E-state index in [1.165, 1.54) is 36.4 Å². The number of benzene rings is 2. The molecular weight excluding hydrogens is 1200 g/mol. The highest BCUT2D eigenvalue weighted by atomic mass is 16.5. The molecule has 0 spiro atoms. The number of anilines is 2. The van der Waals surface area contributed by atoms with Crippen LogP contribution in [0.1, 0.15) is 12.8 Å². The number of aliphatic carboxylic acids is 10. The number of hydrogen-bond donors (Lipinski definition) is 10. The van der Waals surface area contributed by atoms with E-state index in [1.54, 1.807) is 29.4 Å². The van der Waals surface area contributed by atoms with Crippen LogP contribution in [0.2, 0.25) is 0 Å². The summed E-state index contributed by atoms with van der Waals surface area (Å²) in [6.07, 6.45) is 0.627. The van der Waals surface area contributed by atoms with Crippen LogP contribution in [-0.2, 0) is 47.9 Å². The highest BCUT2D eigenvalue weighted by molar-refractivity contribution is 5.84. The molecule has 4 rings (SSSR count). The number of carboxylic acids is 10. The van der Waals surface area contributed by atoms with Crippen LogP contribution in [0.3, 0.4) is 0 Å². The molecule has 2 aromatic carbocycles. The molecule has 0 radical (unpaired) electrons. The SMILES string of the molecule is O=C(O)CN1CCN(CCCOc2cccc(OCCOc3cccc(OCCCN4CCN(CC(=O)O)CCN(CC(=O)O)CCN(CC(=O)O)CC4)c3N(CC(=O)O)CC(=O)O)c2N(CC(=O)O)CC(=O)O)CCN(CC(=O)O)CCN(CC(=O)O)CC1. The Hall–Kier alpha value is -8.38. The maximum Gasteiger partial charge on any atom is 0.323 e. The van der Waals surface area contributed by atoms with E-state index in [4.69, 9.17) is 18.9 Å². The first-order chi connectivity index (χ1) is 42.8. The third-order valence-electron chi connectivity index (χ3n) is 14.2. The number of para-hydroxylation sites is 2. The fourth-order valence-corrected chi connectivity index (χ4v) is 10.1. The van der Waals surface area contributed by atoms with Gasteiger partial charge < -0.3 is 89.6 Å². The molecule has 2 aliphatic heterocycles. The average Bonchev–Trinajstić information content (AvgIpc) is 1.06. The normalized spacial score (nSPS) is 16.4. The molecule has 0 saturated carbocycles. The van der Waals surface area contributed by atoms with Crippen molar-refractivity contribution in [2.24, 2.45) is 0 Å². The van der Waals surface area contributed by atoms with Crippen molar-refractivity contribution in [1.82, 2.24) is 39.2 Å². The predicted molar refractivity (Wildman–Crippen MR) is 316 cm³/mol. The molecule has 0 aliphatic carbocycles. The fourth-order valence-electron chi connectivity index (χ4n) is 10.1. The van der Waals surface area contributed by atoms with E-state index in [2.05, 4.69) is 0 Å². The zero-order valence-electron chi connectivity index (χ0n) is 50.2. The van der Waals surface area contributed by atoms with Gasteiger partial charge in [-0.2, -0.15) is 0 Å². The Morgan fingerprint density at radius 2 is 0.478 bits per heavy atom. The highest BCUT2D eigenvalue weighted by Crippen LogP contribution is 2.40. The highest BCUT2D eigenvalue weighted by Gasteiger charge is 2.28. The summed E-state index contributed by atoms with van der Waals surface area (Å²) in [5.41, 5.74) is -0.0897. The Balaban J connectivity index is 1.54. The lowest BCUT2D eigenvalue weighted by molar-refractivity contribution is -0.140. The van der Waals surface area contributed by atoms with Gasteiger partial charge in [-0.1, -0.05) is 12.1 Å². The molecular formula is C56H84N10O24. The Morgan fingerprint density at radius 3 is 0.667 bits per heavy atom. The molecule has 502 valence electrons. The van der Waals surface area contributed by atoms with Gasteiger partial charge in [0.1, 0.15) is 73.8 Å². The Labute approximate surface area is 518 Å². The summed E-state index contributed by atoms with van der Waals surface area (Å²) < 4.78 is 24.7. The molecule has 2 saturated heterocycles. The molecule has 2 fully saturated rings. The fraction of sp³-hybridized carbons (Fsp3) is 0.607. The Morgan fingerprint density at radius 1 is 0.289 bits per heavy atom. The number of nitrogens with zero attached hydrogens (tertiary/aromatic N) is 10. The summed E-state index contributed by atoms with van der Waals surface area (Å²) in [7, 11) is 0. The summed E-state index contributed by atoms with van der Waals surface area (Å²) in [5, 5.41) is 97.3. The predicted octanol–water partition coefficient (Wildman–Crippen LogP) is -2.42. The van der Waals surface area contributed by atoms with E-state index in [0.29, 0.717) is 52.1 Å². The molecule has 0 unspecified atom stereocenters. The second-order valence-electron chi connectivity index (χ2n) is 21.3. The van der Waals surface area contributed by atoms with E-state index in [0.717, 1.165) is 9.80 Å². The van der Waals surface area contributed by atoms with Crippen molar-refractivity contribution in [2.75, 3.05) is 219 Å². The minimum atomic E-state index is -1.39. The summed E-state index contributed by atoms with van der Waals surface area (Å²) >= 11 is 0. The van der Waals surface area contributed by atoms with E-state index < -0.39 is 85.9 Å². The number of rotatable bonds is 37.